The van der Waals surface area contributed by atoms with Gasteiger partial charge in [0, 0.05) is 29.0 Å². The molecule has 0 bridgehead atoms. The van der Waals surface area contributed by atoms with Gasteiger partial charge >= 0.3 is 18.0 Å². The molecule has 2 rings (SSSR count). The maximum absolute atomic E-state index is 13.3. The average Bonchev–Trinajstić information content (AvgIpc) is 2.83. The number of hydrogen-bond acceptors (Lipinski definition) is 8. The van der Waals surface area contributed by atoms with Crippen LogP contribution in [-0.2, 0) is 31.6 Å². The van der Waals surface area contributed by atoms with Gasteiger partial charge in [-0.05, 0) is 55.7 Å². The van der Waals surface area contributed by atoms with E-state index in [2.05, 4.69) is 5.32 Å². The van der Waals surface area contributed by atoms with Gasteiger partial charge < -0.3 is 19.5 Å². The lowest BCUT2D eigenvalue weighted by molar-refractivity contribution is -0.510. The van der Waals surface area contributed by atoms with E-state index in [1.807, 2.05) is 71.9 Å². The highest BCUT2D eigenvalue weighted by Gasteiger charge is 2.36. The van der Waals surface area contributed by atoms with Gasteiger partial charge in [0.25, 0.3) is 0 Å². The van der Waals surface area contributed by atoms with E-state index in [4.69, 9.17) is 14.2 Å². The van der Waals surface area contributed by atoms with Crippen molar-refractivity contribution >= 4 is 11.9 Å². The summed E-state index contributed by atoms with van der Waals surface area (Å²) >= 11 is 0. The number of carbonyl (C=O) groups excluding carboxylic acids is 2. The first-order valence-corrected chi connectivity index (χ1v) is 13.9. The number of nitrogens with one attached hydrogen (secondary N) is 1. The quantitative estimate of drug-likeness (QED) is 0.157. The van der Waals surface area contributed by atoms with E-state index >= 15 is 0 Å². The van der Waals surface area contributed by atoms with Crippen molar-refractivity contribution in [3.8, 4) is 11.5 Å². The minimum Gasteiger partial charge on any atom is -0.497 e. The number of ether oxygens (including phenoxy) is 3. The molecular formula is C32H46N2O7. The lowest BCUT2D eigenvalue weighted by Crippen LogP contribution is -2.45. The van der Waals surface area contributed by atoms with Crippen molar-refractivity contribution in [3.05, 3.63) is 69.3 Å². The zero-order valence-electron chi connectivity index (χ0n) is 26.1. The summed E-state index contributed by atoms with van der Waals surface area (Å²) in [6.45, 7) is 17.2. The van der Waals surface area contributed by atoms with Gasteiger partial charge in [-0.25, -0.2) is 4.79 Å². The maximum atomic E-state index is 13.3. The Morgan fingerprint density at radius 2 is 1.44 bits per heavy atom. The molecule has 226 valence electrons. The second-order valence-corrected chi connectivity index (χ2v) is 13.3. The highest BCUT2D eigenvalue weighted by molar-refractivity contribution is 5.78. The van der Waals surface area contributed by atoms with Crippen LogP contribution in [0, 0.1) is 10.1 Å². The first-order valence-electron chi connectivity index (χ1n) is 13.9. The van der Waals surface area contributed by atoms with E-state index < -0.39 is 45.4 Å². The first kappa shape index (κ1) is 33.7. The van der Waals surface area contributed by atoms with Crippen LogP contribution >= 0.6 is 0 Å². The number of esters is 2. The van der Waals surface area contributed by atoms with Crippen molar-refractivity contribution in [2.45, 2.75) is 104 Å². The standard InChI is InChI=1S/C32H46N2O7/c1-30(2,3)23-19-22(39-10)20-24(31(4,5)6)27(23)40-29(36)26(34(37)38)16-17-33-25(28(35)41-32(7,8)9)18-21-14-12-11-13-15-21/h11-15,19-20,25-26,33H,16-18H2,1-10H3/t25-,26?/m0/s1. The molecule has 2 aromatic carbocycles. The fourth-order valence-corrected chi connectivity index (χ4v) is 4.28. The van der Waals surface area contributed by atoms with E-state index in [1.165, 1.54) is 0 Å². The Bertz CT molecular complexity index is 1170. The molecule has 0 heterocycles. The molecule has 0 fully saturated rings. The van der Waals surface area contributed by atoms with E-state index in [0.717, 1.165) is 5.56 Å². The fourth-order valence-electron chi connectivity index (χ4n) is 4.28. The SMILES string of the molecule is COc1cc(C(C)(C)C)c(OC(=O)C(CCN[C@@H](Cc2ccccc2)C(=O)OC(C)(C)C)[N+](=O)[O-])c(C(C)(C)C)c1. The lowest BCUT2D eigenvalue weighted by Gasteiger charge is -2.30. The number of benzene rings is 2. The normalized spacial score (nSPS) is 13.7. The van der Waals surface area contributed by atoms with Gasteiger partial charge in [-0.1, -0.05) is 71.9 Å². The summed E-state index contributed by atoms with van der Waals surface area (Å²) in [5.74, 6) is -0.508. The molecular weight excluding hydrogens is 524 g/mol. The molecule has 0 saturated carbocycles. The van der Waals surface area contributed by atoms with Gasteiger partial charge in [0.15, 0.2) is 0 Å². The summed E-state index contributed by atoms with van der Waals surface area (Å²) in [6.07, 6.45) is 0.158. The van der Waals surface area contributed by atoms with Crippen LogP contribution in [0.2, 0.25) is 0 Å². The van der Waals surface area contributed by atoms with Crippen molar-refractivity contribution in [1.29, 1.82) is 0 Å². The number of hydrogen-bond donors (Lipinski definition) is 1. The molecule has 0 aliphatic heterocycles. The van der Waals surface area contributed by atoms with E-state index in [0.29, 0.717) is 29.0 Å². The predicted molar refractivity (Wildman–Crippen MR) is 159 cm³/mol. The van der Waals surface area contributed by atoms with Crippen LogP contribution in [0.3, 0.4) is 0 Å². The second-order valence-electron chi connectivity index (χ2n) is 13.3. The summed E-state index contributed by atoms with van der Waals surface area (Å²) in [6, 6.07) is 10.6. The van der Waals surface area contributed by atoms with Gasteiger partial charge in [0.05, 0.1) is 7.11 Å². The molecule has 0 aromatic heterocycles. The molecule has 0 amide bonds. The first-order chi connectivity index (χ1) is 18.8. The Morgan fingerprint density at radius 1 is 0.902 bits per heavy atom. The third-order valence-electron chi connectivity index (χ3n) is 6.43. The molecule has 41 heavy (non-hydrogen) atoms. The molecule has 2 atom stereocenters. The number of rotatable bonds is 11. The number of methoxy groups -OCH3 is 1. The summed E-state index contributed by atoms with van der Waals surface area (Å²) in [7, 11) is 1.57. The van der Waals surface area contributed by atoms with Crippen LogP contribution < -0.4 is 14.8 Å². The topological polar surface area (TPSA) is 117 Å². The van der Waals surface area contributed by atoms with Gasteiger partial charge in [-0.3, -0.25) is 14.9 Å². The smallest absolute Gasteiger partial charge is 0.387 e. The summed E-state index contributed by atoms with van der Waals surface area (Å²) in [5.41, 5.74) is 0.757. The zero-order chi connectivity index (χ0) is 31.2. The Hall–Kier alpha value is -3.46. The molecule has 0 saturated heterocycles. The van der Waals surface area contributed by atoms with Crippen LogP contribution in [-0.4, -0.2) is 48.2 Å². The molecule has 1 unspecified atom stereocenters. The Morgan fingerprint density at radius 3 is 1.88 bits per heavy atom. The summed E-state index contributed by atoms with van der Waals surface area (Å²) in [5, 5.41) is 15.1. The highest BCUT2D eigenvalue weighted by Crippen LogP contribution is 2.42. The van der Waals surface area contributed by atoms with Crippen LogP contribution in [0.4, 0.5) is 0 Å². The number of carbonyl (C=O) groups is 2. The Balaban J connectivity index is 2.30. The minimum atomic E-state index is -1.64. The van der Waals surface area contributed by atoms with Crippen LogP contribution in [0.15, 0.2) is 42.5 Å². The minimum absolute atomic E-state index is 0.0261. The van der Waals surface area contributed by atoms with Crippen LogP contribution in [0.1, 0.15) is 85.4 Å². The van der Waals surface area contributed by atoms with Crippen LogP contribution in [0.25, 0.3) is 0 Å². The summed E-state index contributed by atoms with van der Waals surface area (Å²) < 4.78 is 16.9. The van der Waals surface area contributed by atoms with Crippen molar-refractivity contribution in [2.24, 2.45) is 0 Å². The molecule has 9 nitrogen and oxygen atoms in total. The zero-order valence-corrected chi connectivity index (χ0v) is 26.1. The monoisotopic (exact) mass is 570 g/mol. The largest absolute Gasteiger partial charge is 0.497 e. The van der Waals surface area contributed by atoms with E-state index in [9.17, 15) is 19.7 Å². The second kappa shape index (κ2) is 13.5. The fraction of sp³-hybridized carbons (Fsp3) is 0.562. The number of nitro groups is 1. The summed E-state index contributed by atoms with van der Waals surface area (Å²) in [4.78, 5) is 37.7. The van der Waals surface area contributed by atoms with Crippen molar-refractivity contribution in [1.82, 2.24) is 5.32 Å². The average molecular weight is 571 g/mol. The third kappa shape index (κ3) is 10.1. The molecule has 0 aliphatic carbocycles. The van der Waals surface area contributed by atoms with Gasteiger partial charge in [0.2, 0.25) is 0 Å². The molecule has 9 heteroatoms. The van der Waals surface area contributed by atoms with Crippen molar-refractivity contribution in [2.75, 3.05) is 13.7 Å². The third-order valence-corrected chi connectivity index (χ3v) is 6.43. The molecule has 2 aromatic rings. The number of nitrogens with zero attached hydrogens (tertiary/aromatic N) is 1. The lowest BCUT2D eigenvalue weighted by atomic mass is 9.79. The Kier molecular flexibility index (Phi) is 11.1. The maximum Gasteiger partial charge on any atom is 0.387 e. The van der Waals surface area contributed by atoms with Gasteiger partial charge in [-0.15, -0.1) is 0 Å². The molecule has 1 N–H and O–H groups in total. The van der Waals surface area contributed by atoms with Crippen molar-refractivity contribution in [3.63, 3.8) is 0 Å². The molecule has 0 radical (unpaired) electrons. The van der Waals surface area contributed by atoms with E-state index in [1.54, 1.807) is 40.0 Å². The van der Waals surface area contributed by atoms with Gasteiger partial charge in [0.1, 0.15) is 23.1 Å². The Labute approximate surface area is 244 Å². The van der Waals surface area contributed by atoms with Gasteiger partial charge in [-0.2, -0.15) is 0 Å². The van der Waals surface area contributed by atoms with Crippen molar-refractivity contribution < 1.29 is 28.7 Å². The highest BCUT2D eigenvalue weighted by atomic mass is 16.6. The predicted octanol–water partition coefficient (Wildman–Crippen LogP) is 5.77. The van der Waals surface area contributed by atoms with Crippen LogP contribution in [0.5, 0.6) is 11.5 Å². The molecule has 0 spiro atoms. The molecule has 0 aliphatic rings. The van der Waals surface area contributed by atoms with E-state index in [-0.39, 0.29) is 13.0 Å².